The van der Waals surface area contributed by atoms with E-state index in [0.29, 0.717) is 17.2 Å². The number of nitrogen functional groups attached to an aromatic ring is 1. The molecule has 1 heterocycles. The molecule has 0 unspecified atom stereocenters. The van der Waals surface area contributed by atoms with Crippen molar-refractivity contribution in [2.45, 2.75) is 32.6 Å². The van der Waals surface area contributed by atoms with E-state index in [2.05, 4.69) is 31.2 Å². The number of rotatable bonds is 2. The second-order valence-corrected chi connectivity index (χ2v) is 6.55. The molecular formula is C20H24N2O. The van der Waals surface area contributed by atoms with Crippen LogP contribution in [0.1, 0.15) is 45.8 Å². The molecule has 1 fully saturated rings. The Bertz CT molecular complexity index is 698. The van der Waals surface area contributed by atoms with Gasteiger partial charge in [-0.3, -0.25) is 4.79 Å². The van der Waals surface area contributed by atoms with Crippen molar-refractivity contribution in [1.29, 1.82) is 0 Å². The van der Waals surface area contributed by atoms with Gasteiger partial charge in [-0.25, -0.2) is 0 Å². The summed E-state index contributed by atoms with van der Waals surface area (Å²) in [6.07, 6.45) is 2.05. The number of hydrogen-bond donors (Lipinski definition) is 1. The van der Waals surface area contributed by atoms with Gasteiger partial charge in [0.2, 0.25) is 0 Å². The molecule has 2 N–H and O–H groups in total. The van der Waals surface area contributed by atoms with Gasteiger partial charge in [0.05, 0.1) is 0 Å². The van der Waals surface area contributed by atoms with Crippen molar-refractivity contribution in [3.8, 4) is 0 Å². The quantitative estimate of drug-likeness (QED) is 0.855. The van der Waals surface area contributed by atoms with E-state index in [1.165, 1.54) is 11.1 Å². The first-order chi connectivity index (χ1) is 11.0. The summed E-state index contributed by atoms with van der Waals surface area (Å²) >= 11 is 0. The van der Waals surface area contributed by atoms with Gasteiger partial charge in [0.15, 0.2) is 0 Å². The van der Waals surface area contributed by atoms with E-state index in [0.717, 1.165) is 31.5 Å². The zero-order chi connectivity index (χ0) is 16.4. The maximum Gasteiger partial charge on any atom is 0.253 e. The molecule has 1 saturated heterocycles. The van der Waals surface area contributed by atoms with Gasteiger partial charge in [0.1, 0.15) is 0 Å². The Labute approximate surface area is 138 Å². The molecule has 1 amide bonds. The predicted molar refractivity (Wildman–Crippen MR) is 94.6 cm³/mol. The second-order valence-electron chi connectivity index (χ2n) is 6.55. The molecule has 1 aliphatic heterocycles. The van der Waals surface area contributed by atoms with Crippen LogP contribution >= 0.6 is 0 Å². The molecule has 1 aliphatic rings. The van der Waals surface area contributed by atoms with Crippen molar-refractivity contribution < 1.29 is 4.79 Å². The van der Waals surface area contributed by atoms with E-state index in [1.54, 1.807) is 6.07 Å². The number of piperidine rings is 1. The van der Waals surface area contributed by atoms with Crippen LogP contribution in [0.3, 0.4) is 0 Å². The first kappa shape index (κ1) is 15.6. The van der Waals surface area contributed by atoms with Crippen molar-refractivity contribution in [3.63, 3.8) is 0 Å². The number of nitrogens with zero attached hydrogens (tertiary/aromatic N) is 1. The van der Waals surface area contributed by atoms with Gasteiger partial charge in [-0.15, -0.1) is 0 Å². The average Bonchev–Trinajstić information content (AvgIpc) is 2.57. The molecule has 0 bridgehead atoms. The molecule has 3 nitrogen and oxygen atoms in total. The summed E-state index contributed by atoms with van der Waals surface area (Å²) in [5.41, 5.74) is 11.0. The topological polar surface area (TPSA) is 46.3 Å². The maximum absolute atomic E-state index is 12.6. The Morgan fingerprint density at radius 1 is 1.04 bits per heavy atom. The van der Waals surface area contributed by atoms with Crippen molar-refractivity contribution >= 4 is 11.6 Å². The molecule has 0 saturated carbocycles. The van der Waals surface area contributed by atoms with Crippen LogP contribution < -0.4 is 5.73 Å². The van der Waals surface area contributed by atoms with Crippen molar-refractivity contribution in [1.82, 2.24) is 4.90 Å². The number of nitrogens with two attached hydrogens (primary N) is 1. The largest absolute Gasteiger partial charge is 0.398 e. The van der Waals surface area contributed by atoms with Gasteiger partial charge in [0.25, 0.3) is 5.91 Å². The van der Waals surface area contributed by atoms with Crippen molar-refractivity contribution in [2.24, 2.45) is 0 Å². The molecule has 120 valence electrons. The van der Waals surface area contributed by atoms with Crippen LogP contribution in [0.5, 0.6) is 0 Å². The molecule has 2 aromatic rings. The number of amides is 1. The normalized spacial score (nSPS) is 15.7. The third-order valence-corrected chi connectivity index (χ3v) is 4.86. The Kier molecular flexibility index (Phi) is 4.37. The molecule has 0 atom stereocenters. The van der Waals surface area contributed by atoms with Gasteiger partial charge >= 0.3 is 0 Å². The van der Waals surface area contributed by atoms with Crippen LogP contribution in [0.2, 0.25) is 0 Å². The fraction of sp³-hybridized carbons (Fsp3) is 0.350. The number of aryl methyl sites for hydroxylation is 2. The monoisotopic (exact) mass is 308 g/mol. The molecular weight excluding hydrogens is 284 g/mol. The van der Waals surface area contributed by atoms with Crippen molar-refractivity contribution in [2.75, 3.05) is 18.8 Å². The number of benzene rings is 2. The highest BCUT2D eigenvalue weighted by Crippen LogP contribution is 2.29. The third kappa shape index (κ3) is 3.39. The van der Waals surface area contributed by atoms with E-state index >= 15 is 0 Å². The van der Waals surface area contributed by atoms with Crippen LogP contribution in [0, 0.1) is 13.8 Å². The first-order valence-corrected chi connectivity index (χ1v) is 8.26. The molecule has 0 aliphatic carbocycles. The lowest BCUT2D eigenvalue weighted by atomic mass is 9.89. The predicted octanol–water partition coefficient (Wildman–Crippen LogP) is 3.91. The molecule has 0 radical (unpaired) electrons. The molecule has 0 aromatic heterocycles. The summed E-state index contributed by atoms with van der Waals surface area (Å²) in [5, 5.41) is 0. The molecule has 0 spiro atoms. The molecule has 3 heteroatoms. The maximum atomic E-state index is 12.6. The fourth-order valence-corrected chi connectivity index (χ4v) is 3.21. The van der Waals surface area contributed by atoms with E-state index < -0.39 is 0 Å². The van der Waals surface area contributed by atoms with E-state index in [1.807, 2.05) is 24.0 Å². The smallest absolute Gasteiger partial charge is 0.253 e. The fourth-order valence-electron chi connectivity index (χ4n) is 3.21. The summed E-state index contributed by atoms with van der Waals surface area (Å²) in [6, 6.07) is 14.4. The summed E-state index contributed by atoms with van der Waals surface area (Å²) in [7, 11) is 0. The SMILES string of the molecule is Cc1ccc(C2CCN(C(=O)c3ccc(C)c(N)c3)CC2)cc1. The van der Waals surface area contributed by atoms with Gasteiger partial charge in [0, 0.05) is 24.3 Å². The molecule has 3 rings (SSSR count). The van der Waals surface area contributed by atoms with Gasteiger partial charge < -0.3 is 10.6 Å². The lowest BCUT2D eigenvalue weighted by molar-refractivity contribution is 0.0713. The Balaban J connectivity index is 1.65. The minimum absolute atomic E-state index is 0.0963. The number of hydrogen-bond acceptors (Lipinski definition) is 2. The minimum atomic E-state index is 0.0963. The van der Waals surface area contributed by atoms with Crippen molar-refractivity contribution in [3.05, 3.63) is 64.7 Å². The van der Waals surface area contributed by atoms with Crippen LogP contribution in [0.15, 0.2) is 42.5 Å². The number of anilines is 1. The third-order valence-electron chi connectivity index (χ3n) is 4.86. The molecule has 23 heavy (non-hydrogen) atoms. The first-order valence-electron chi connectivity index (χ1n) is 8.26. The summed E-state index contributed by atoms with van der Waals surface area (Å²) in [6.45, 7) is 5.69. The standard InChI is InChI=1S/C20H24N2O/c1-14-3-6-16(7-4-14)17-9-11-22(12-10-17)20(23)18-8-5-15(2)19(21)13-18/h3-8,13,17H,9-12,21H2,1-2H3. The van der Waals surface area contributed by atoms with Gasteiger partial charge in [-0.05, 0) is 55.9 Å². The highest BCUT2D eigenvalue weighted by Gasteiger charge is 2.24. The minimum Gasteiger partial charge on any atom is -0.398 e. The highest BCUT2D eigenvalue weighted by molar-refractivity contribution is 5.95. The number of likely N-dealkylation sites (tertiary alicyclic amines) is 1. The zero-order valence-corrected chi connectivity index (χ0v) is 13.9. The lowest BCUT2D eigenvalue weighted by Crippen LogP contribution is -2.37. The van der Waals surface area contributed by atoms with E-state index in [-0.39, 0.29) is 5.91 Å². The summed E-state index contributed by atoms with van der Waals surface area (Å²) in [5.74, 6) is 0.654. The van der Waals surface area contributed by atoms with Crippen LogP contribution in [-0.4, -0.2) is 23.9 Å². The zero-order valence-electron chi connectivity index (χ0n) is 13.9. The van der Waals surface area contributed by atoms with Gasteiger partial charge in [-0.1, -0.05) is 35.9 Å². The molecule has 2 aromatic carbocycles. The van der Waals surface area contributed by atoms with Crippen LogP contribution in [0.25, 0.3) is 0 Å². The Hall–Kier alpha value is -2.29. The Morgan fingerprint density at radius 3 is 2.30 bits per heavy atom. The van der Waals surface area contributed by atoms with Crippen LogP contribution in [-0.2, 0) is 0 Å². The summed E-state index contributed by atoms with van der Waals surface area (Å²) < 4.78 is 0. The number of carbonyl (C=O) groups is 1. The van der Waals surface area contributed by atoms with E-state index in [9.17, 15) is 4.79 Å². The highest BCUT2D eigenvalue weighted by atomic mass is 16.2. The van der Waals surface area contributed by atoms with Crippen LogP contribution in [0.4, 0.5) is 5.69 Å². The lowest BCUT2D eigenvalue weighted by Gasteiger charge is -2.32. The van der Waals surface area contributed by atoms with E-state index in [4.69, 9.17) is 5.73 Å². The number of carbonyl (C=O) groups excluding carboxylic acids is 1. The average molecular weight is 308 g/mol. The second kappa shape index (κ2) is 6.45. The van der Waals surface area contributed by atoms with Gasteiger partial charge in [-0.2, -0.15) is 0 Å². The summed E-state index contributed by atoms with van der Waals surface area (Å²) in [4.78, 5) is 14.6. The Morgan fingerprint density at radius 2 is 1.70 bits per heavy atom.